The molecule has 1 rings (SSSR count). The lowest BCUT2D eigenvalue weighted by Gasteiger charge is -2.18. The van der Waals surface area contributed by atoms with Crippen LogP contribution in [0.2, 0.25) is 0 Å². The molecule has 1 unspecified atom stereocenters. The second kappa shape index (κ2) is 6.74. The first kappa shape index (κ1) is 14.2. The smallest absolute Gasteiger partial charge is 0.0694 e. The number of hydrazine groups is 1. The highest BCUT2D eigenvalue weighted by molar-refractivity contribution is 5.26. The molecule has 0 fully saturated rings. The first-order valence-corrected chi connectivity index (χ1v) is 6.22. The van der Waals surface area contributed by atoms with Crippen LogP contribution in [0.5, 0.6) is 0 Å². The molecule has 96 valence electrons. The van der Waals surface area contributed by atoms with E-state index in [0.717, 1.165) is 5.56 Å². The van der Waals surface area contributed by atoms with E-state index in [2.05, 4.69) is 43.5 Å². The second-order valence-electron chi connectivity index (χ2n) is 4.92. The average molecular weight is 236 g/mol. The van der Waals surface area contributed by atoms with Gasteiger partial charge in [-0.25, -0.2) is 0 Å². The van der Waals surface area contributed by atoms with E-state index in [-0.39, 0.29) is 12.1 Å². The number of benzene rings is 1. The lowest BCUT2D eigenvalue weighted by atomic mass is 9.99. The SMILES string of the molecule is CC(C)OCC(NN)c1ccc(C(C)C)cc1. The number of hydrogen-bond acceptors (Lipinski definition) is 3. The van der Waals surface area contributed by atoms with Gasteiger partial charge in [0.15, 0.2) is 0 Å². The summed E-state index contributed by atoms with van der Waals surface area (Å²) in [5.41, 5.74) is 5.30. The molecule has 0 aliphatic heterocycles. The van der Waals surface area contributed by atoms with Crippen molar-refractivity contribution in [2.75, 3.05) is 6.61 Å². The zero-order chi connectivity index (χ0) is 12.8. The minimum Gasteiger partial charge on any atom is -0.377 e. The van der Waals surface area contributed by atoms with Gasteiger partial charge in [-0.1, -0.05) is 38.1 Å². The molecule has 0 saturated carbocycles. The van der Waals surface area contributed by atoms with Crippen LogP contribution in [0, 0.1) is 0 Å². The molecule has 0 spiro atoms. The highest BCUT2D eigenvalue weighted by atomic mass is 16.5. The van der Waals surface area contributed by atoms with Gasteiger partial charge in [0.1, 0.15) is 0 Å². The Bertz CT molecular complexity index is 319. The van der Waals surface area contributed by atoms with Gasteiger partial charge in [-0.3, -0.25) is 11.3 Å². The lowest BCUT2D eigenvalue weighted by Crippen LogP contribution is -2.32. The molecule has 0 amide bonds. The van der Waals surface area contributed by atoms with E-state index in [1.54, 1.807) is 0 Å². The first-order valence-electron chi connectivity index (χ1n) is 6.22. The highest BCUT2D eigenvalue weighted by Gasteiger charge is 2.11. The molecular formula is C14H24N2O. The monoisotopic (exact) mass is 236 g/mol. The van der Waals surface area contributed by atoms with Gasteiger partial charge in [-0.2, -0.15) is 0 Å². The van der Waals surface area contributed by atoms with Gasteiger partial charge in [0.25, 0.3) is 0 Å². The van der Waals surface area contributed by atoms with E-state index in [4.69, 9.17) is 10.6 Å². The zero-order valence-corrected chi connectivity index (χ0v) is 11.2. The van der Waals surface area contributed by atoms with Crippen LogP contribution in [0.1, 0.15) is 50.8 Å². The molecule has 0 aromatic heterocycles. The molecular weight excluding hydrogens is 212 g/mol. The number of hydrogen-bond donors (Lipinski definition) is 2. The van der Waals surface area contributed by atoms with E-state index >= 15 is 0 Å². The van der Waals surface area contributed by atoms with Crippen LogP contribution in [0.15, 0.2) is 24.3 Å². The molecule has 3 heteroatoms. The molecule has 3 N–H and O–H groups in total. The predicted molar refractivity (Wildman–Crippen MR) is 71.7 cm³/mol. The minimum atomic E-state index is 0.0543. The summed E-state index contributed by atoms with van der Waals surface area (Å²) in [6.45, 7) is 9.02. The lowest BCUT2D eigenvalue weighted by molar-refractivity contribution is 0.0611. The van der Waals surface area contributed by atoms with Crippen molar-refractivity contribution in [2.24, 2.45) is 5.84 Å². The van der Waals surface area contributed by atoms with Crippen molar-refractivity contribution in [1.82, 2.24) is 5.43 Å². The van der Waals surface area contributed by atoms with E-state index < -0.39 is 0 Å². The third-order valence-electron chi connectivity index (χ3n) is 2.80. The molecule has 1 aromatic rings. The predicted octanol–water partition coefficient (Wildman–Crippen LogP) is 2.74. The normalized spacial score (nSPS) is 13.4. The maximum atomic E-state index is 5.58. The molecule has 3 nitrogen and oxygen atoms in total. The fraction of sp³-hybridized carbons (Fsp3) is 0.571. The fourth-order valence-corrected chi connectivity index (χ4v) is 1.64. The minimum absolute atomic E-state index is 0.0543. The zero-order valence-electron chi connectivity index (χ0n) is 11.2. The summed E-state index contributed by atoms with van der Waals surface area (Å²) in [5, 5.41) is 0. The van der Waals surface area contributed by atoms with Crippen LogP contribution in [0.25, 0.3) is 0 Å². The van der Waals surface area contributed by atoms with E-state index in [1.165, 1.54) is 5.56 Å². The summed E-state index contributed by atoms with van der Waals surface area (Å²) >= 11 is 0. The summed E-state index contributed by atoms with van der Waals surface area (Å²) in [7, 11) is 0. The number of ether oxygens (including phenoxy) is 1. The van der Waals surface area contributed by atoms with Gasteiger partial charge in [-0.15, -0.1) is 0 Å². The van der Waals surface area contributed by atoms with Crippen molar-refractivity contribution in [3.05, 3.63) is 35.4 Å². The van der Waals surface area contributed by atoms with E-state index in [1.807, 2.05) is 13.8 Å². The first-order chi connectivity index (χ1) is 8.04. The molecule has 0 saturated heterocycles. The summed E-state index contributed by atoms with van der Waals surface area (Å²) in [5.74, 6) is 6.11. The third-order valence-corrected chi connectivity index (χ3v) is 2.80. The van der Waals surface area contributed by atoms with Gasteiger partial charge in [0.05, 0.1) is 18.8 Å². The molecule has 17 heavy (non-hydrogen) atoms. The van der Waals surface area contributed by atoms with Crippen LogP contribution >= 0.6 is 0 Å². The van der Waals surface area contributed by atoms with Crippen LogP contribution in [-0.4, -0.2) is 12.7 Å². The third kappa shape index (κ3) is 4.46. The van der Waals surface area contributed by atoms with Crippen molar-refractivity contribution < 1.29 is 4.74 Å². The Morgan fingerprint density at radius 3 is 2.00 bits per heavy atom. The van der Waals surface area contributed by atoms with Crippen LogP contribution in [0.3, 0.4) is 0 Å². The number of nitrogens with two attached hydrogens (primary N) is 1. The van der Waals surface area contributed by atoms with Crippen molar-refractivity contribution in [3.8, 4) is 0 Å². The van der Waals surface area contributed by atoms with Crippen LogP contribution in [0.4, 0.5) is 0 Å². The Hall–Kier alpha value is -0.900. The standard InChI is InChI=1S/C14H24N2O/c1-10(2)12-5-7-13(8-6-12)14(16-15)9-17-11(3)4/h5-8,10-11,14,16H,9,15H2,1-4H3. The molecule has 0 heterocycles. The second-order valence-corrected chi connectivity index (χ2v) is 4.92. The molecule has 1 atom stereocenters. The van der Waals surface area contributed by atoms with E-state index in [9.17, 15) is 0 Å². The van der Waals surface area contributed by atoms with Crippen LogP contribution < -0.4 is 11.3 Å². The number of nitrogens with one attached hydrogen (secondary N) is 1. The summed E-state index contributed by atoms with van der Waals surface area (Å²) < 4.78 is 5.58. The summed E-state index contributed by atoms with van der Waals surface area (Å²) in [6.07, 6.45) is 0.223. The van der Waals surface area contributed by atoms with Gasteiger partial charge >= 0.3 is 0 Å². The summed E-state index contributed by atoms with van der Waals surface area (Å²) in [6, 6.07) is 8.59. The Labute approximate surface area is 104 Å². The Morgan fingerprint density at radius 1 is 1.06 bits per heavy atom. The quantitative estimate of drug-likeness (QED) is 0.590. The molecule has 0 aliphatic carbocycles. The Balaban J connectivity index is 2.68. The topological polar surface area (TPSA) is 47.3 Å². The summed E-state index contributed by atoms with van der Waals surface area (Å²) in [4.78, 5) is 0. The molecule has 0 bridgehead atoms. The number of rotatable bonds is 6. The van der Waals surface area contributed by atoms with Crippen LogP contribution in [-0.2, 0) is 4.74 Å². The molecule has 0 aliphatic rings. The average Bonchev–Trinajstić information content (AvgIpc) is 2.30. The maximum Gasteiger partial charge on any atom is 0.0694 e. The van der Waals surface area contributed by atoms with Gasteiger partial charge in [0, 0.05) is 0 Å². The fourth-order valence-electron chi connectivity index (χ4n) is 1.64. The Morgan fingerprint density at radius 2 is 1.59 bits per heavy atom. The largest absolute Gasteiger partial charge is 0.377 e. The molecule has 0 radical (unpaired) electrons. The van der Waals surface area contributed by atoms with Gasteiger partial charge in [-0.05, 0) is 30.9 Å². The van der Waals surface area contributed by atoms with Crippen molar-refractivity contribution >= 4 is 0 Å². The van der Waals surface area contributed by atoms with Gasteiger partial charge in [0.2, 0.25) is 0 Å². The Kier molecular flexibility index (Phi) is 5.62. The van der Waals surface area contributed by atoms with Crippen molar-refractivity contribution in [1.29, 1.82) is 0 Å². The highest BCUT2D eigenvalue weighted by Crippen LogP contribution is 2.18. The maximum absolute atomic E-state index is 5.58. The van der Waals surface area contributed by atoms with Crippen molar-refractivity contribution in [3.63, 3.8) is 0 Å². The van der Waals surface area contributed by atoms with E-state index in [0.29, 0.717) is 12.5 Å². The van der Waals surface area contributed by atoms with Crippen molar-refractivity contribution in [2.45, 2.75) is 45.8 Å². The molecule has 1 aromatic carbocycles. The van der Waals surface area contributed by atoms with Gasteiger partial charge < -0.3 is 4.74 Å².